The van der Waals surface area contributed by atoms with Gasteiger partial charge >= 0.3 is 0 Å². The van der Waals surface area contributed by atoms with E-state index in [0.717, 1.165) is 4.90 Å². The predicted octanol–water partition coefficient (Wildman–Crippen LogP) is 2.80. The smallest absolute Gasteiger partial charge is 0.202 e. The van der Waals surface area contributed by atoms with Crippen LogP contribution in [0.2, 0.25) is 0 Å². The number of ketones is 3. The number of phenolic OH excluding ortho intramolecular Hbond substituents is 2. The predicted molar refractivity (Wildman–Crippen MR) is 162 cm³/mol. The molecule has 0 amide bonds. The number of Topliss-reactive ketones (excluding diaryl/α,β-unsaturated/α-hetero) is 1. The number of hydrogen-bond acceptors (Lipinski definition) is 12. The summed E-state index contributed by atoms with van der Waals surface area (Å²) in [6.45, 7) is 1.62. The molecule has 0 radical (unpaired) electrons. The fourth-order valence-electron chi connectivity index (χ4n) is 6.40. The Morgan fingerprint density at radius 3 is 2.44 bits per heavy atom. The summed E-state index contributed by atoms with van der Waals surface area (Å²) in [7, 11) is 1.34. The summed E-state index contributed by atoms with van der Waals surface area (Å²) in [4.78, 5) is 42.0. The van der Waals surface area contributed by atoms with Crippen molar-refractivity contribution in [2.24, 2.45) is 5.73 Å². The molecule has 2 aliphatic carbocycles. The molecule has 6 atom stereocenters. The lowest BCUT2D eigenvalue weighted by molar-refractivity contribution is -0.247. The first-order valence-electron chi connectivity index (χ1n) is 14.5. The summed E-state index contributed by atoms with van der Waals surface area (Å²) in [5, 5.41) is 45.5. The highest BCUT2D eigenvalue weighted by Gasteiger charge is 2.50. The highest BCUT2D eigenvalue weighted by molar-refractivity contribution is 8.00. The Hall–Kier alpha value is -3.78. The molecule has 236 valence electrons. The maximum absolute atomic E-state index is 13.8. The Bertz CT molecular complexity index is 1680. The second-order valence-electron chi connectivity index (χ2n) is 11.6. The van der Waals surface area contributed by atoms with E-state index in [-0.39, 0.29) is 46.6 Å². The van der Waals surface area contributed by atoms with Crippen LogP contribution in [0.1, 0.15) is 68.8 Å². The highest BCUT2D eigenvalue weighted by Crippen LogP contribution is 2.52. The fraction of sp³-hybridized carbons (Fsp3) is 0.364. The molecule has 45 heavy (non-hydrogen) atoms. The molecular weight excluding hydrogens is 602 g/mol. The van der Waals surface area contributed by atoms with Crippen LogP contribution >= 0.6 is 11.8 Å². The largest absolute Gasteiger partial charge is 0.507 e. The first-order valence-corrected chi connectivity index (χ1v) is 15.5. The molecule has 3 aliphatic rings. The number of carbonyl (C=O) groups excluding carboxylic acids is 3. The highest BCUT2D eigenvalue weighted by atomic mass is 32.2. The Morgan fingerprint density at radius 2 is 1.76 bits per heavy atom. The summed E-state index contributed by atoms with van der Waals surface area (Å²) in [5.74, 6) is -3.27. The SMILES string of the molecule is COc1cccc2c1C(=O)c1c(O)c3c(c(O)c1C2=O)C[C@@](O)(C(=O)CSc1ccccc1)C[C@H]3O[C@H]1C[C@@H](N)[C@@H](O)[C@@H](C)O1. The standard InChI is InChI=1S/C33H33NO10S/c1-15-28(36)19(34)11-23(43-15)44-21-13-33(41,22(35)14-45-16-7-4-3-5-8-16)12-18-25(21)32(40)27-26(30(18)38)29(37)17-9-6-10-20(42-2)24(17)31(27)39/h3-10,15,19,21,23,28,36,38,40-41H,11-14,34H2,1-2H3/t15-,19-,21-,23+,28+,33+/m1/s1. The number of rotatable bonds is 7. The molecule has 1 fully saturated rings. The molecule has 6 rings (SSSR count). The van der Waals surface area contributed by atoms with Gasteiger partial charge in [-0.05, 0) is 25.1 Å². The van der Waals surface area contributed by atoms with E-state index in [1.807, 2.05) is 30.3 Å². The van der Waals surface area contributed by atoms with Crippen molar-refractivity contribution in [3.63, 3.8) is 0 Å². The third-order valence-corrected chi connectivity index (χ3v) is 9.79. The molecule has 1 heterocycles. The molecule has 1 aliphatic heterocycles. The van der Waals surface area contributed by atoms with Crippen LogP contribution in [-0.4, -0.2) is 80.8 Å². The molecule has 3 aromatic rings. The zero-order chi connectivity index (χ0) is 32.2. The van der Waals surface area contributed by atoms with Gasteiger partial charge in [0, 0.05) is 46.9 Å². The number of thioether (sulfide) groups is 1. The van der Waals surface area contributed by atoms with Crippen molar-refractivity contribution in [3.8, 4) is 17.2 Å². The lowest BCUT2D eigenvalue weighted by atomic mass is 9.72. The molecule has 12 heteroatoms. The quantitative estimate of drug-likeness (QED) is 0.148. The molecule has 0 spiro atoms. The zero-order valence-electron chi connectivity index (χ0n) is 24.6. The minimum atomic E-state index is -2.08. The van der Waals surface area contributed by atoms with Crippen molar-refractivity contribution >= 4 is 29.1 Å². The summed E-state index contributed by atoms with van der Waals surface area (Å²) in [6, 6.07) is 12.9. The Balaban J connectivity index is 1.45. The van der Waals surface area contributed by atoms with Gasteiger partial charge in [-0.2, -0.15) is 0 Å². The van der Waals surface area contributed by atoms with Crippen molar-refractivity contribution in [2.45, 2.75) is 67.3 Å². The van der Waals surface area contributed by atoms with Crippen molar-refractivity contribution in [1.82, 2.24) is 0 Å². The fourth-order valence-corrected chi connectivity index (χ4v) is 7.32. The van der Waals surface area contributed by atoms with Gasteiger partial charge in [0.05, 0.1) is 47.9 Å². The third kappa shape index (κ3) is 5.31. The average molecular weight is 636 g/mol. The van der Waals surface area contributed by atoms with E-state index >= 15 is 0 Å². The Kier molecular flexibility index (Phi) is 8.23. The van der Waals surface area contributed by atoms with Gasteiger partial charge in [-0.25, -0.2) is 0 Å². The van der Waals surface area contributed by atoms with Gasteiger partial charge in [0.15, 0.2) is 17.9 Å². The first-order chi connectivity index (χ1) is 21.4. The van der Waals surface area contributed by atoms with Crippen LogP contribution in [0, 0.1) is 0 Å². The van der Waals surface area contributed by atoms with Crippen LogP contribution in [-0.2, 0) is 20.7 Å². The number of carbonyl (C=O) groups is 3. The monoisotopic (exact) mass is 635 g/mol. The number of hydrogen-bond donors (Lipinski definition) is 5. The minimum absolute atomic E-state index is 0.0205. The lowest BCUT2D eigenvalue weighted by Crippen LogP contribution is -2.52. The zero-order valence-corrected chi connectivity index (χ0v) is 25.4. The Labute approximate surface area is 262 Å². The summed E-state index contributed by atoms with van der Waals surface area (Å²) < 4.78 is 17.4. The molecule has 6 N–H and O–H groups in total. The second kappa shape index (κ2) is 11.9. The Morgan fingerprint density at radius 1 is 1.04 bits per heavy atom. The normalized spacial score (nSPS) is 27.4. The number of benzene rings is 3. The third-order valence-electron chi connectivity index (χ3n) is 8.77. The second-order valence-corrected chi connectivity index (χ2v) is 12.7. The summed E-state index contributed by atoms with van der Waals surface area (Å²) in [6.07, 6.45) is -4.72. The number of methoxy groups -OCH3 is 1. The van der Waals surface area contributed by atoms with Gasteiger partial charge in [0.25, 0.3) is 0 Å². The van der Waals surface area contributed by atoms with E-state index in [0.29, 0.717) is 0 Å². The van der Waals surface area contributed by atoms with E-state index in [1.54, 1.807) is 6.92 Å². The number of aliphatic hydroxyl groups excluding tert-OH is 1. The van der Waals surface area contributed by atoms with Gasteiger partial charge in [0.1, 0.15) is 22.8 Å². The first kappa shape index (κ1) is 31.2. The molecular formula is C33H33NO10S. The lowest BCUT2D eigenvalue weighted by Gasteiger charge is -2.42. The van der Waals surface area contributed by atoms with Gasteiger partial charge in [0.2, 0.25) is 5.78 Å². The molecule has 1 saturated heterocycles. The number of aromatic hydroxyl groups is 2. The molecule has 0 saturated carbocycles. The van der Waals surface area contributed by atoms with Crippen LogP contribution in [0.15, 0.2) is 53.4 Å². The van der Waals surface area contributed by atoms with Gasteiger partial charge in [-0.3, -0.25) is 14.4 Å². The van der Waals surface area contributed by atoms with Crippen LogP contribution in [0.3, 0.4) is 0 Å². The van der Waals surface area contributed by atoms with E-state index in [4.69, 9.17) is 19.9 Å². The minimum Gasteiger partial charge on any atom is -0.507 e. The number of phenols is 2. The average Bonchev–Trinajstić information content (AvgIpc) is 3.02. The van der Waals surface area contributed by atoms with Crippen LogP contribution in [0.4, 0.5) is 0 Å². The van der Waals surface area contributed by atoms with Gasteiger partial charge < -0.3 is 40.4 Å². The molecule has 0 unspecified atom stereocenters. The van der Waals surface area contributed by atoms with Crippen LogP contribution in [0.5, 0.6) is 17.2 Å². The van der Waals surface area contributed by atoms with Gasteiger partial charge in [-0.15, -0.1) is 11.8 Å². The van der Waals surface area contributed by atoms with E-state index in [2.05, 4.69) is 0 Å². The number of fused-ring (bicyclic) bond motifs is 3. The molecule has 0 aromatic heterocycles. The van der Waals surface area contributed by atoms with E-state index in [1.165, 1.54) is 37.1 Å². The van der Waals surface area contributed by atoms with Crippen LogP contribution in [0.25, 0.3) is 0 Å². The number of nitrogens with two attached hydrogens (primary N) is 1. The van der Waals surface area contributed by atoms with Crippen molar-refractivity contribution in [3.05, 3.63) is 81.9 Å². The van der Waals surface area contributed by atoms with Crippen LogP contribution < -0.4 is 10.5 Å². The molecule has 3 aromatic carbocycles. The van der Waals surface area contributed by atoms with E-state index in [9.17, 15) is 34.8 Å². The van der Waals surface area contributed by atoms with Crippen molar-refractivity contribution < 1.29 is 49.0 Å². The van der Waals surface area contributed by atoms with Crippen molar-refractivity contribution in [2.75, 3.05) is 12.9 Å². The summed E-state index contributed by atoms with van der Waals surface area (Å²) in [5.41, 5.74) is 2.95. The van der Waals surface area contributed by atoms with Gasteiger partial charge in [-0.1, -0.05) is 30.3 Å². The maximum Gasteiger partial charge on any atom is 0.202 e. The van der Waals surface area contributed by atoms with Crippen molar-refractivity contribution in [1.29, 1.82) is 0 Å². The number of aliphatic hydroxyl groups is 2. The molecule has 11 nitrogen and oxygen atoms in total. The maximum atomic E-state index is 13.8. The number of ether oxygens (including phenoxy) is 3. The van der Waals surface area contributed by atoms with E-state index < -0.39 is 82.6 Å². The molecule has 0 bridgehead atoms. The summed E-state index contributed by atoms with van der Waals surface area (Å²) >= 11 is 1.22. The topological polar surface area (TPSA) is 186 Å².